The second-order valence-corrected chi connectivity index (χ2v) is 7.23. The van der Waals surface area contributed by atoms with Crippen LogP contribution in [0.3, 0.4) is 0 Å². The van der Waals surface area contributed by atoms with Crippen molar-refractivity contribution >= 4 is 45.0 Å². The van der Waals surface area contributed by atoms with Gasteiger partial charge < -0.3 is 4.42 Å². The monoisotopic (exact) mass is 406 g/mol. The molecular formula is C19H10N4O5S. The predicted molar refractivity (Wildman–Crippen MR) is 108 cm³/mol. The summed E-state index contributed by atoms with van der Waals surface area (Å²) in [6, 6.07) is 12.4. The van der Waals surface area contributed by atoms with Crippen LogP contribution < -0.4 is 11.2 Å². The molecule has 4 aromatic rings. The Morgan fingerprint density at radius 1 is 1.14 bits per heavy atom. The Morgan fingerprint density at radius 3 is 2.79 bits per heavy atom. The van der Waals surface area contributed by atoms with Gasteiger partial charge in [0.05, 0.1) is 27.1 Å². The summed E-state index contributed by atoms with van der Waals surface area (Å²) in [5.74, 6) is 0.302. The van der Waals surface area contributed by atoms with Crippen molar-refractivity contribution < 1.29 is 9.34 Å². The first-order valence-electron chi connectivity index (χ1n) is 8.46. The molecule has 2 aromatic carbocycles. The van der Waals surface area contributed by atoms with E-state index in [2.05, 4.69) is 10.1 Å². The Kier molecular flexibility index (Phi) is 3.81. The van der Waals surface area contributed by atoms with Crippen LogP contribution in [0.25, 0.3) is 21.9 Å². The molecule has 0 atom stereocenters. The maximum absolute atomic E-state index is 12.8. The van der Waals surface area contributed by atoms with Gasteiger partial charge in [0, 0.05) is 23.3 Å². The van der Waals surface area contributed by atoms with Gasteiger partial charge in [-0.2, -0.15) is 9.78 Å². The van der Waals surface area contributed by atoms with Crippen molar-refractivity contribution in [2.45, 2.75) is 5.16 Å². The van der Waals surface area contributed by atoms with Crippen LogP contribution in [-0.4, -0.2) is 26.0 Å². The van der Waals surface area contributed by atoms with E-state index in [4.69, 9.17) is 4.42 Å². The van der Waals surface area contributed by atoms with Gasteiger partial charge in [0.1, 0.15) is 5.58 Å². The van der Waals surface area contributed by atoms with Crippen molar-refractivity contribution in [3.05, 3.63) is 85.0 Å². The maximum Gasteiger partial charge on any atom is 0.345 e. The van der Waals surface area contributed by atoms with Crippen LogP contribution in [-0.2, 0) is 0 Å². The van der Waals surface area contributed by atoms with Gasteiger partial charge in [-0.05, 0) is 24.3 Å². The van der Waals surface area contributed by atoms with Crippen LogP contribution in [0.5, 0.6) is 0 Å². The van der Waals surface area contributed by atoms with Gasteiger partial charge in [0.2, 0.25) is 0 Å². The van der Waals surface area contributed by atoms with E-state index in [0.717, 1.165) is 0 Å². The third-order valence-corrected chi connectivity index (χ3v) is 5.46. The van der Waals surface area contributed by atoms with Gasteiger partial charge in [-0.25, -0.2) is 9.78 Å². The first kappa shape index (κ1) is 17.3. The molecule has 2 aromatic heterocycles. The molecule has 142 valence electrons. The molecule has 0 radical (unpaired) electrons. The molecule has 9 nitrogen and oxygen atoms in total. The van der Waals surface area contributed by atoms with Crippen molar-refractivity contribution in [3.8, 4) is 0 Å². The summed E-state index contributed by atoms with van der Waals surface area (Å²) in [5.41, 5.74) is 0.215. The van der Waals surface area contributed by atoms with Crippen molar-refractivity contribution in [2.24, 2.45) is 5.10 Å². The predicted octanol–water partition coefficient (Wildman–Crippen LogP) is 2.77. The lowest BCUT2D eigenvalue weighted by Gasteiger charge is -2.15. The lowest BCUT2D eigenvalue weighted by Crippen LogP contribution is -2.28. The Hall–Kier alpha value is -3.79. The van der Waals surface area contributed by atoms with Gasteiger partial charge >= 0.3 is 5.63 Å². The highest BCUT2D eigenvalue weighted by atomic mass is 32.2. The lowest BCUT2D eigenvalue weighted by atomic mass is 10.1. The Labute approximate surface area is 165 Å². The highest BCUT2D eigenvalue weighted by Gasteiger charge is 2.21. The van der Waals surface area contributed by atoms with Gasteiger partial charge in [0.25, 0.3) is 11.2 Å². The SMILES string of the molecule is O=c1oc2ccc([N+](=O)[O-])cc2cc1C1=Nn2c(nc3ccccc3c2=O)SC1. The molecule has 0 bridgehead atoms. The normalized spacial score (nSPS) is 13.3. The van der Waals surface area contributed by atoms with Gasteiger partial charge in [-0.15, -0.1) is 0 Å². The van der Waals surface area contributed by atoms with E-state index in [9.17, 15) is 19.7 Å². The van der Waals surface area contributed by atoms with Crippen LogP contribution in [0.15, 0.2) is 72.8 Å². The minimum absolute atomic E-state index is 0.116. The summed E-state index contributed by atoms with van der Waals surface area (Å²) in [6.45, 7) is 0. The number of hydrogen-bond acceptors (Lipinski definition) is 8. The van der Waals surface area contributed by atoms with Crippen molar-refractivity contribution in [2.75, 3.05) is 5.75 Å². The fourth-order valence-corrected chi connectivity index (χ4v) is 4.01. The lowest BCUT2D eigenvalue weighted by molar-refractivity contribution is -0.384. The largest absolute Gasteiger partial charge is 0.422 e. The topological polar surface area (TPSA) is 121 Å². The van der Waals surface area contributed by atoms with E-state index in [1.165, 1.54) is 40.7 Å². The number of benzene rings is 2. The third-order valence-electron chi connectivity index (χ3n) is 4.52. The first-order chi connectivity index (χ1) is 14.0. The van der Waals surface area contributed by atoms with E-state index in [-0.39, 0.29) is 22.4 Å². The zero-order valence-electron chi connectivity index (χ0n) is 14.6. The van der Waals surface area contributed by atoms with Gasteiger partial charge in [-0.1, -0.05) is 23.9 Å². The van der Waals surface area contributed by atoms with E-state index in [1.54, 1.807) is 24.3 Å². The molecule has 1 aliphatic rings. The minimum atomic E-state index is -0.629. The molecule has 0 spiro atoms. The average molecular weight is 406 g/mol. The molecule has 0 unspecified atom stereocenters. The Balaban J connectivity index is 1.70. The number of nitro benzene ring substituents is 1. The van der Waals surface area contributed by atoms with Crippen LogP contribution in [0.1, 0.15) is 5.56 Å². The van der Waals surface area contributed by atoms with Crippen LogP contribution in [0.2, 0.25) is 0 Å². The molecule has 0 aliphatic carbocycles. The highest BCUT2D eigenvalue weighted by molar-refractivity contribution is 7.99. The van der Waals surface area contributed by atoms with Crippen molar-refractivity contribution in [3.63, 3.8) is 0 Å². The number of non-ortho nitro benzene ring substituents is 1. The zero-order valence-corrected chi connectivity index (χ0v) is 15.4. The number of hydrogen-bond donors (Lipinski definition) is 0. The zero-order chi connectivity index (χ0) is 20.1. The Bertz CT molecular complexity index is 1490. The van der Waals surface area contributed by atoms with Crippen molar-refractivity contribution in [1.82, 2.24) is 9.66 Å². The number of rotatable bonds is 2. The van der Waals surface area contributed by atoms with E-state index < -0.39 is 10.5 Å². The third kappa shape index (κ3) is 2.81. The molecule has 1 aliphatic heterocycles. The number of thioether (sulfide) groups is 1. The minimum Gasteiger partial charge on any atom is -0.422 e. The van der Waals surface area contributed by atoms with Gasteiger partial charge in [0.15, 0.2) is 5.16 Å². The van der Waals surface area contributed by atoms with E-state index >= 15 is 0 Å². The van der Waals surface area contributed by atoms with Crippen LogP contribution in [0, 0.1) is 10.1 Å². The molecule has 0 fully saturated rings. The number of para-hydroxylation sites is 1. The number of nitrogens with zero attached hydrogens (tertiary/aromatic N) is 4. The van der Waals surface area contributed by atoms with Crippen LogP contribution in [0.4, 0.5) is 5.69 Å². The van der Waals surface area contributed by atoms with E-state index in [1.807, 2.05) is 0 Å². The summed E-state index contributed by atoms with van der Waals surface area (Å²) >= 11 is 1.28. The smallest absolute Gasteiger partial charge is 0.345 e. The molecule has 3 heterocycles. The second kappa shape index (κ2) is 6.38. The average Bonchev–Trinajstić information content (AvgIpc) is 2.73. The fraction of sp³-hybridized carbons (Fsp3) is 0.0526. The molecule has 0 saturated carbocycles. The molecule has 0 saturated heterocycles. The van der Waals surface area contributed by atoms with E-state index in [0.29, 0.717) is 32.9 Å². The summed E-state index contributed by atoms with van der Waals surface area (Å²) in [6.07, 6.45) is 0. The molecule has 10 heteroatoms. The standard InChI is InChI=1S/C19H10N4O5S/c24-17-12-3-1-2-4-14(12)20-19-22(17)21-15(9-29-19)13-8-10-7-11(23(26)27)5-6-16(10)28-18(13)25/h1-8H,9H2. The Morgan fingerprint density at radius 2 is 1.97 bits per heavy atom. The molecule has 0 amide bonds. The fourth-order valence-electron chi connectivity index (χ4n) is 3.12. The molecule has 29 heavy (non-hydrogen) atoms. The highest BCUT2D eigenvalue weighted by Crippen LogP contribution is 2.25. The summed E-state index contributed by atoms with van der Waals surface area (Å²) in [5, 5.41) is 16.6. The second-order valence-electron chi connectivity index (χ2n) is 6.29. The summed E-state index contributed by atoms with van der Waals surface area (Å²) in [7, 11) is 0. The van der Waals surface area contributed by atoms with Crippen molar-refractivity contribution in [1.29, 1.82) is 0 Å². The molecular weight excluding hydrogens is 396 g/mol. The van der Waals surface area contributed by atoms with Crippen LogP contribution >= 0.6 is 11.8 Å². The molecule has 5 rings (SSSR count). The maximum atomic E-state index is 12.8. The first-order valence-corrected chi connectivity index (χ1v) is 9.45. The quantitative estimate of drug-likeness (QED) is 0.217. The molecule has 0 N–H and O–H groups in total. The summed E-state index contributed by atoms with van der Waals surface area (Å²) in [4.78, 5) is 40.2. The number of aromatic nitrogens is 2. The summed E-state index contributed by atoms with van der Waals surface area (Å²) < 4.78 is 6.47. The number of fused-ring (bicyclic) bond motifs is 3. The van der Waals surface area contributed by atoms with Gasteiger partial charge in [-0.3, -0.25) is 14.9 Å². The number of nitro groups is 1.